The van der Waals surface area contributed by atoms with Gasteiger partial charge in [-0.2, -0.15) is 0 Å². The molecular formula is C47H86O19P2. The third-order valence-electron chi connectivity index (χ3n) is 12.6. The van der Waals surface area contributed by atoms with Gasteiger partial charge in [0.25, 0.3) is 0 Å². The summed E-state index contributed by atoms with van der Waals surface area (Å²) < 4.78 is 52.0. The molecule has 0 saturated heterocycles. The standard InChI is InChI=1S/C47H86O19P2/c1-3-5-7-8-9-10-11-12-13-14-15-16-17-18-19-20-22-28-41(52)64-35-32-62-40(51)27-24-23-26-36-38(49)31-39(50)37(30-29-34(48)25-21-6-4-2)43(54)46(65-67(57,58)59)47(45(56)44(55)42(36)53)66-68(60,61)63-33-35/h23-24,29-30,34-39,42-50,53-56H,3-22,25-28,31-33H2,1-2H3,(H,60,61)(H2,57,58,59)/b24-23-,30-29+/t34-,35-,36-,37+,38+,39-,42-,43-,44+,45-,46-,47+/m1/s1. The van der Waals surface area contributed by atoms with Crippen molar-refractivity contribution < 1.29 is 92.2 Å². The van der Waals surface area contributed by atoms with Gasteiger partial charge in [0.05, 0.1) is 43.5 Å². The number of rotatable bonds is 27. The number of aliphatic hydroxyl groups is 7. The van der Waals surface area contributed by atoms with Crippen LogP contribution in [0.25, 0.3) is 0 Å². The molecule has 0 radical (unpaired) electrons. The van der Waals surface area contributed by atoms with Crippen LogP contribution >= 0.6 is 15.6 Å². The van der Waals surface area contributed by atoms with Crippen LogP contribution < -0.4 is 0 Å². The second-order valence-electron chi connectivity index (χ2n) is 18.5. The van der Waals surface area contributed by atoms with Crippen molar-refractivity contribution in [3.63, 3.8) is 0 Å². The lowest BCUT2D eigenvalue weighted by Crippen LogP contribution is -2.56. The maximum atomic E-state index is 13.7. The molecule has 2 bridgehead atoms. The quantitative estimate of drug-likeness (QED) is 0.0192. The molecule has 1 fully saturated rings. The van der Waals surface area contributed by atoms with Crippen molar-refractivity contribution in [1.29, 1.82) is 0 Å². The van der Waals surface area contributed by atoms with Gasteiger partial charge in [-0.1, -0.05) is 160 Å². The molecule has 0 aromatic heterocycles. The van der Waals surface area contributed by atoms with E-state index in [9.17, 15) is 69.1 Å². The molecule has 2 rings (SSSR count). The van der Waals surface area contributed by atoms with Crippen LogP contribution in [0.2, 0.25) is 0 Å². The molecule has 13 atom stereocenters. The molecule has 1 unspecified atom stereocenters. The number of phosphoric ester groups is 2. The highest BCUT2D eigenvalue weighted by Gasteiger charge is 2.51. The number of esters is 2. The zero-order valence-electron chi connectivity index (χ0n) is 40.4. The van der Waals surface area contributed by atoms with Crippen LogP contribution in [0.4, 0.5) is 0 Å². The van der Waals surface area contributed by atoms with Gasteiger partial charge in [0.1, 0.15) is 31.0 Å². The predicted octanol–water partition coefficient (Wildman–Crippen LogP) is 6.11. The van der Waals surface area contributed by atoms with E-state index in [0.717, 1.165) is 51.0 Å². The van der Waals surface area contributed by atoms with Crippen molar-refractivity contribution in [3.8, 4) is 0 Å². The largest absolute Gasteiger partial charge is 0.472 e. The van der Waals surface area contributed by atoms with Gasteiger partial charge < -0.3 is 59.9 Å². The lowest BCUT2D eigenvalue weighted by Gasteiger charge is -2.38. The Bertz CT molecular complexity index is 1530. The lowest BCUT2D eigenvalue weighted by atomic mass is 9.83. The minimum Gasteiger partial charge on any atom is -0.461 e. The van der Waals surface area contributed by atoms with Crippen LogP contribution in [0.3, 0.4) is 0 Å². The monoisotopic (exact) mass is 1020 g/mol. The van der Waals surface area contributed by atoms with Crippen LogP contribution in [-0.2, 0) is 41.8 Å². The van der Waals surface area contributed by atoms with Gasteiger partial charge in [-0.15, -0.1) is 0 Å². The van der Waals surface area contributed by atoms with Gasteiger partial charge in [0, 0.05) is 24.7 Å². The van der Waals surface area contributed by atoms with Gasteiger partial charge in [0.2, 0.25) is 0 Å². The number of carbonyl (C=O) groups is 2. The van der Waals surface area contributed by atoms with Crippen LogP contribution in [0, 0.1) is 11.8 Å². The van der Waals surface area contributed by atoms with Crippen molar-refractivity contribution in [1.82, 2.24) is 0 Å². The molecule has 19 nitrogen and oxygen atoms in total. The fourth-order valence-electron chi connectivity index (χ4n) is 8.58. The topological polar surface area (TPSA) is 317 Å². The van der Waals surface area contributed by atoms with E-state index >= 15 is 0 Å². The smallest absolute Gasteiger partial charge is 0.461 e. The van der Waals surface area contributed by atoms with Crippen LogP contribution in [0.1, 0.15) is 174 Å². The number of cyclic esters (lactones) is 1. The Labute approximate surface area is 403 Å². The first kappa shape index (κ1) is 62.5. The summed E-state index contributed by atoms with van der Waals surface area (Å²) in [4.78, 5) is 56.7. The number of fused-ring (bicyclic) bond motifs is 4. The Morgan fingerprint density at radius 1 is 0.765 bits per heavy atom. The van der Waals surface area contributed by atoms with Gasteiger partial charge >= 0.3 is 27.6 Å². The Morgan fingerprint density at radius 2 is 1.31 bits per heavy atom. The molecule has 21 heteroatoms. The fourth-order valence-corrected chi connectivity index (χ4v) is 10.1. The average molecular weight is 1020 g/mol. The molecule has 1 heterocycles. The maximum Gasteiger partial charge on any atom is 0.472 e. The van der Waals surface area contributed by atoms with E-state index in [4.69, 9.17) is 23.0 Å². The maximum absolute atomic E-state index is 13.7. The van der Waals surface area contributed by atoms with Crippen LogP contribution in [0.15, 0.2) is 24.3 Å². The molecule has 0 aromatic rings. The Hall–Kier alpha value is -1.64. The van der Waals surface area contributed by atoms with Crippen LogP contribution in [0.5, 0.6) is 0 Å². The van der Waals surface area contributed by atoms with E-state index in [0.29, 0.717) is 12.8 Å². The summed E-state index contributed by atoms with van der Waals surface area (Å²) in [5, 5.41) is 79.4. The number of unbranched alkanes of at least 4 members (excludes halogenated alkanes) is 18. The highest BCUT2D eigenvalue weighted by molar-refractivity contribution is 7.47. The summed E-state index contributed by atoms with van der Waals surface area (Å²) >= 11 is 0. The third-order valence-corrected chi connectivity index (χ3v) is 14.1. The fraction of sp³-hybridized carbons (Fsp3) is 0.872. The molecule has 10 N–H and O–H groups in total. The van der Waals surface area contributed by atoms with Gasteiger partial charge in [-0.05, 0) is 19.3 Å². The zero-order valence-corrected chi connectivity index (χ0v) is 42.2. The van der Waals surface area contributed by atoms with E-state index in [1.807, 2.05) is 6.92 Å². The molecule has 68 heavy (non-hydrogen) atoms. The number of phosphoric acid groups is 2. The summed E-state index contributed by atoms with van der Waals surface area (Å²) in [6, 6.07) is 0. The number of aliphatic hydroxyl groups excluding tert-OH is 7. The zero-order chi connectivity index (χ0) is 50.5. The molecule has 0 spiro atoms. The molecule has 0 aromatic carbocycles. The third kappa shape index (κ3) is 26.2. The van der Waals surface area contributed by atoms with Crippen molar-refractivity contribution >= 4 is 27.6 Å². The van der Waals surface area contributed by atoms with E-state index < -0.39 is 120 Å². The highest BCUT2D eigenvalue weighted by atomic mass is 31.2. The molecule has 398 valence electrons. The van der Waals surface area contributed by atoms with E-state index in [1.54, 1.807) is 0 Å². The molecule has 1 saturated carbocycles. The predicted molar refractivity (Wildman–Crippen MR) is 252 cm³/mol. The molecule has 0 amide bonds. The van der Waals surface area contributed by atoms with E-state index in [1.165, 1.54) is 88.9 Å². The molecule has 1 aliphatic carbocycles. The first-order valence-corrected chi connectivity index (χ1v) is 28.2. The van der Waals surface area contributed by atoms with Gasteiger partial charge in [0.15, 0.2) is 6.10 Å². The second kappa shape index (κ2) is 34.7. The first-order valence-electron chi connectivity index (χ1n) is 25.1. The Morgan fingerprint density at radius 3 is 1.87 bits per heavy atom. The van der Waals surface area contributed by atoms with Crippen molar-refractivity contribution in [2.45, 2.75) is 235 Å². The van der Waals surface area contributed by atoms with E-state index in [-0.39, 0.29) is 25.7 Å². The number of hydrogen-bond acceptors (Lipinski definition) is 16. The van der Waals surface area contributed by atoms with E-state index in [2.05, 4.69) is 6.92 Å². The lowest BCUT2D eigenvalue weighted by molar-refractivity contribution is -0.165. The summed E-state index contributed by atoms with van der Waals surface area (Å²) in [7, 11) is -11.4. The van der Waals surface area contributed by atoms with Crippen molar-refractivity contribution in [2.75, 3.05) is 13.2 Å². The number of ether oxygens (including phenoxy) is 2. The summed E-state index contributed by atoms with van der Waals surface area (Å²) in [5.41, 5.74) is 0. The molecular weight excluding hydrogens is 930 g/mol. The SMILES string of the molecule is CCCCCCCCCCCCCCCCCCCC(=O)O[C@@H]1COC(=O)C/C=C\C[C@H]2[C@@H](O)[C@H](O)[C@@H](O)[C@H](OP(=O)(O)OC1)[C@H](OP(=O)(O)O)[C@H](O)[C@@H](/C=C/[C@H](O)CCCCC)[C@H](O)C[C@@H]2O. The van der Waals surface area contributed by atoms with Crippen LogP contribution in [-0.4, -0.2) is 137 Å². The summed E-state index contributed by atoms with van der Waals surface area (Å²) in [6.07, 6.45) is 4.49. The first-order chi connectivity index (χ1) is 32.3. The minimum absolute atomic E-state index is 0.0307. The molecule has 2 aliphatic rings. The van der Waals surface area contributed by atoms with Gasteiger partial charge in [-0.3, -0.25) is 23.2 Å². The normalized spacial score (nSPS) is 31.5. The van der Waals surface area contributed by atoms with Crippen molar-refractivity contribution in [3.05, 3.63) is 24.3 Å². The Kier molecular flexibility index (Phi) is 31.9. The summed E-state index contributed by atoms with van der Waals surface area (Å²) in [6.45, 7) is 2.55. The minimum atomic E-state index is -5.76. The highest BCUT2D eigenvalue weighted by Crippen LogP contribution is 2.50. The molecule has 1 aliphatic heterocycles. The number of carbonyl (C=O) groups excluding carboxylic acids is 2. The van der Waals surface area contributed by atoms with Gasteiger partial charge in [-0.25, -0.2) is 9.13 Å². The summed E-state index contributed by atoms with van der Waals surface area (Å²) in [5.74, 6) is -4.74. The Balaban J connectivity index is 2.23. The number of hydrogen-bond donors (Lipinski definition) is 10. The number of allylic oxidation sites excluding steroid dienone is 1. The average Bonchev–Trinajstić information content (AvgIpc) is 3.28. The second-order valence-corrected chi connectivity index (χ2v) is 21.1. The van der Waals surface area contributed by atoms with Crippen molar-refractivity contribution in [2.24, 2.45) is 11.8 Å².